The number of carbonyl (C=O) groups is 2. The Morgan fingerprint density at radius 2 is 1.71 bits per heavy atom. The summed E-state index contributed by atoms with van der Waals surface area (Å²) in [7, 11) is 0. The summed E-state index contributed by atoms with van der Waals surface area (Å²) >= 11 is 0. The largest absolute Gasteiger partial charge is 0.326 e. The van der Waals surface area contributed by atoms with Crippen molar-refractivity contribution in [3.63, 3.8) is 0 Å². The minimum atomic E-state index is -0.189. The molecule has 0 fully saturated rings. The normalized spacial score (nSPS) is 11.6. The van der Waals surface area contributed by atoms with E-state index in [0.29, 0.717) is 22.9 Å². The van der Waals surface area contributed by atoms with Gasteiger partial charge in [-0.2, -0.15) is 4.98 Å². The molecule has 4 aromatic rings. The van der Waals surface area contributed by atoms with Crippen molar-refractivity contribution in [1.82, 2.24) is 19.6 Å². The zero-order chi connectivity index (χ0) is 24.6. The van der Waals surface area contributed by atoms with Gasteiger partial charge in [0, 0.05) is 33.8 Å². The van der Waals surface area contributed by atoms with E-state index in [1.807, 2.05) is 26.0 Å². The number of nitrogens with zero attached hydrogens (tertiary/aromatic N) is 4. The zero-order valence-electron chi connectivity index (χ0n) is 20.4. The zero-order valence-corrected chi connectivity index (χ0v) is 20.4. The van der Waals surface area contributed by atoms with E-state index in [1.54, 1.807) is 28.8 Å². The molecule has 0 aliphatic carbocycles. The van der Waals surface area contributed by atoms with Gasteiger partial charge < -0.3 is 5.32 Å². The standard InChI is InChI=1S/C27H29N5O2/c1-16-23(15-24(34)29-22-9-7-8-20(14-22)18(3)33)17(2)32-26(28-16)30-25(31-32)19-10-12-21(13-11-19)27(4,5)6/h7-14H,15H2,1-6H3,(H,29,34). The molecule has 2 aromatic carbocycles. The van der Waals surface area contributed by atoms with Crippen LogP contribution in [-0.2, 0) is 16.6 Å². The number of Topliss-reactive ketones (excluding diaryl/α,β-unsaturated/α-hetero) is 1. The molecule has 174 valence electrons. The van der Waals surface area contributed by atoms with Crippen molar-refractivity contribution in [3.05, 3.63) is 76.6 Å². The van der Waals surface area contributed by atoms with Crippen molar-refractivity contribution in [2.24, 2.45) is 0 Å². The van der Waals surface area contributed by atoms with Gasteiger partial charge in [-0.1, -0.05) is 57.2 Å². The van der Waals surface area contributed by atoms with E-state index in [2.05, 4.69) is 53.3 Å². The van der Waals surface area contributed by atoms with Crippen molar-refractivity contribution in [1.29, 1.82) is 0 Å². The maximum atomic E-state index is 12.8. The number of fused-ring (bicyclic) bond motifs is 1. The Morgan fingerprint density at radius 1 is 1.00 bits per heavy atom. The summed E-state index contributed by atoms with van der Waals surface area (Å²) < 4.78 is 1.69. The molecule has 7 nitrogen and oxygen atoms in total. The van der Waals surface area contributed by atoms with Gasteiger partial charge in [0.2, 0.25) is 5.91 Å². The van der Waals surface area contributed by atoms with E-state index in [1.165, 1.54) is 12.5 Å². The first kappa shape index (κ1) is 23.3. The quantitative estimate of drug-likeness (QED) is 0.424. The van der Waals surface area contributed by atoms with Gasteiger partial charge >= 0.3 is 0 Å². The van der Waals surface area contributed by atoms with Gasteiger partial charge in [-0.15, -0.1) is 5.10 Å². The van der Waals surface area contributed by atoms with Crippen molar-refractivity contribution in [2.75, 3.05) is 5.32 Å². The van der Waals surface area contributed by atoms with Crippen molar-refractivity contribution < 1.29 is 9.59 Å². The van der Waals surface area contributed by atoms with Gasteiger partial charge in [-0.25, -0.2) is 9.50 Å². The molecule has 0 saturated heterocycles. The Kier molecular flexibility index (Phi) is 6.04. The van der Waals surface area contributed by atoms with Gasteiger partial charge in [-0.05, 0) is 43.9 Å². The summed E-state index contributed by atoms with van der Waals surface area (Å²) in [6.45, 7) is 11.8. The molecule has 2 aromatic heterocycles. The highest BCUT2D eigenvalue weighted by atomic mass is 16.1. The Labute approximate surface area is 199 Å². The molecule has 7 heteroatoms. The lowest BCUT2D eigenvalue weighted by molar-refractivity contribution is -0.115. The summed E-state index contributed by atoms with van der Waals surface area (Å²) in [4.78, 5) is 33.6. The highest BCUT2D eigenvalue weighted by molar-refractivity contribution is 5.97. The van der Waals surface area contributed by atoms with Crippen molar-refractivity contribution in [2.45, 2.75) is 53.4 Å². The van der Waals surface area contributed by atoms with Crippen LogP contribution in [0.1, 0.15) is 60.6 Å². The van der Waals surface area contributed by atoms with Crippen LogP contribution in [0.25, 0.3) is 17.2 Å². The molecule has 0 aliphatic heterocycles. The lowest BCUT2D eigenvalue weighted by Crippen LogP contribution is -2.18. The van der Waals surface area contributed by atoms with Gasteiger partial charge in [0.25, 0.3) is 5.78 Å². The number of ketones is 1. The predicted molar refractivity (Wildman–Crippen MR) is 133 cm³/mol. The molecule has 0 atom stereocenters. The molecule has 1 N–H and O–H groups in total. The highest BCUT2D eigenvalue weighted by Crippen LogP contribution is 2.25. The van der Waals surface area contributed by atoms with Crippen LogP contribution >= 0.6 is 0 Å². The van der Waals surface area contributed by atoms with E-state index in [4.69, 9.17) is 0 Å². The van der Waals surface area contributed by atoms with E-state index < -0.39 is 0 Å². The van der Waals surface area contributed by atoms with E-state index in [9.17, 15) is 9.59 Å². The van der Waals surface area contributed by atoms with Crippen LogP contribution in [0, 0.1) is 13.8 Å². The summed E-state index contributed by atoms with van der Waals surface area (Å²) in [6.07, 6.45) is 0.139. The highest BCUT2D eigenvalue weighted by Gasteiger charge is 2.18. The van der Waals surface area contributed by atoms with Gasteiger partial charge in [0.05, 0.1) is 6.42 Å². The number of anilines is 1. The maximum Gasteiger partial charge on any atom is 0.253 e. The smallest absolute Gasteiger partial charge is 0.253 e. The Morgan fingerprint density at radius 3 is 2.35 bits per heavy atom. The number of amides is 1. The SMILES string of the molecule is CC(=O)c1cccc(NC(=O)Cc2c(C)nc3nc(-c4ccc(C(C)(C)C)cc4)nn3c2C)c1. The molecule has 2 heterocycles. The molecular weight excluding hydrogens is 426 g/mol. The van der Waals surface area contributed by atoms with Crippen molar-refractivity contribution >= 4 is 23.2 Å². The Balaban J connectivity index is 1.60. The number of nitrogens with one attached hydrogen (secondary N) is 1. The third kappa shape index (κ3) is 4.73. The second kappa shape index (κ2) is 8.82. The number of rotatable bonds is 5. The average molecular weight is 456 g/mol. The summed E-state index contributed by atoms with van der Waals surface area (Å²) in [6, 6.07) is 15.2. The van der Waals surface area contributed by atoms with Crippen molar-refractivity contribution in [3.8, 4) is 11.4 Å². The maximum absolute atomic E-state index is 12.8. The summed E-state index contributed by atoms with van der Waals surface area (Å²) in [5.74, 6) is 0.861. The summed E-state index contributed by atoms with van der Waals surface area (Å²) in [5, 5.41) is 7.54. The van der Waals surface area contributed by atoms with E-state index >= 15 is 0 Å². The fraction of sp³-hybridized carbons (Fsp3) is 0.296. The van der Waals surface area contributed by atoms with Crippen LogP contribution < -0.4 is 5.32 Å². The molecule has 1 amide bonds. The molecular formula is C27H29N5O2. The minimum Gasteiger partial charge on any atom is -0.326 e. The lowest BCUT2D eigenvalue weighted by atomic mass is 9.87. The van der Waals surface area contributed by atoms with Gasteiger partial charge in [0.15, 0.2) is 11.6 Å². The number of hydrogen-bond acceptors (Lipinski definition) is 5. The third-order valence-electron chi connectivity index (χ3n) is 5.95. The molecule has 0 bridgehead atoms. The third-order valence-corrected chi connectivity index (χ3v) is 5.95. The number of benzene rings is 2. The van der Waals surface area contributed by atoms with E-state index in [0.717, 1.165) is 22.5 Å². The second-order valence-electron chi connectivity index (χ2n) is 9.60. The molecule has 0 spiro atoms. The van der Waals surface area contributed by atoms with Crippen LogP contribution in [-0.4, -0.2) is 31.3 Å². The van der Waals surface area contributed by atoms with Crippen LogP contribution in [0.5, 0.6) is 0 Å². The van der Waals surface area contributed by atoms with E-state index in [-0.39, 0.29) is 23.5 Å². The first-order valence-electron chi connectivity index (χ1n) is 11.3. The lowest BCUT2D eigenvalue weighted by Gasteiger charge is -2.18. The summed E-state index contributed by atoms with van der Waals surface area (Å²) in [5.41, 5.74) is 5.73. The molecule has 0 radical (unpaired) electrons. The molecule has 4 rings (SSSR count). The molecule has 0 saturated carbocycles. The van der Waals surface area contributed by atoms with Crippen LogP contribution in [0.15, 0.2) is 48.5 Å². The first-order valence-corrected chi connectivity index (χ1v) is 11.3. The molecule has 34 heavy (non-hydrogen) atoms. The topological polar surface area (TPSA) is 89.2 Å². The average Bonchev–Trinajstić information content (AvgIpc) is 3.20. The first-order chi connectivity index (χ1) is 16.0. The van der Waals surface area contributed by atoms with Crippen LogP contribution in [0.3, 0.4) is 0 Å². The Bertz CT molecular complexity index is 1400. The van der Waals surface area contributed by atoms with Crippen LogP contribution in [0.2, 0.25) is 0 Å². The molecule has 0 unspecified atom stereocenters. The van der Waals surface area contributed by atoms with Gasteiger partial charge in [0.1, 0.15) is 0 Å². The number of carbonyl (C=O) groups excluding carboxylic acids is 2. The fourth-order valence-corrected chi connectivity index (χ4v) is 3.89. The second-order valence-corrected chi connectivity index (χ2v) is 9.60. The number of hydrogen-bond donors (Lipinski definition) is 1. The monoisotopic (exact) mass is 455 g/mol. The molecule has 0 aliphatic rings. The number of aryl methyl sites for hydroxylation is 2. The fourth-order valence-electron chi connectivity index (χ4n) is 3.89. The predicted octanol–water partition coefficient (Wildman–Crippen LogP) is 5.09. The van der Waals surface area contributed by atoms with Gasteiger partial charge in [-0.3, -0.25) is 9.59 Å². The van der Waals surface area contributed by atoms with Crippen LogP contribution in [0.4, 0.5) is 5.69 Å². The Hall–Kier alpha value is -3.87. The minimum absolute atomic E-state index is 0.0486. The number of aromatic nitrogens is 4.